The van der Waals surface area contributed by atoms with Gasteiger partial charge in [0.15, 0.2) is 21.6 Å². The first-order valence-corrected chi connectivity index (χ1v) is 8.50. The van der Waals surface area contributed by atoms with Crippen molar-refractivity contribution >= 4 is 46.0 Å². The Labute approximate surface area is 160 Å². The van der Waals surface area contributed by atoms with E-state index in [-0.39, 0.29) is 20.5 Å². The van der Waals surface area contributed by atoms with Crippen LogP contribution in [-0.4, -0.2) is 25.5 Å². The lowest BCUT2D eigenvalue weighted by Gasteiger charge is -2.16. The molecule has 3 rings (SSSR count). The summed E-state index contributed by atoms with van der Waals surface area (Å²) in [4.78, 5) is 13.7. The third kappa shape index (κ3) is 3.71. The summed E-state index contributed by atoms with van der Waals surface area (Å²) in [7, 11) is 0. The average Bonchev–Trinajstić information content (AvgIpc) is 2.85. The van der Waals surface area contributed by atoms with Crippen molar-refractivity contribution in [2.24, 2.45) is 0 Å². The number of hydrogen-bond donors (Lipinski definition) is 3. The zero-order valence-corrected chi connectivity index (χ0v) is 14.8. The zero-order chi connectivity index (χ0) is 19.9. The van der Waals surface area contributed by atoms with Gasteiger partial charge >= 0.3 is 6.18 Å². The molecule has 0 unspecified atom stereocenters. The van der Waals surface area contributed by atoms with E-state index < -0.39 is 34.9 Å². The molecule has 1 fully saturated rings. The standard InChI is InChI=1S/C17H10F3NO4S2/c18-17(19,20)9-2-1-3-10(7-9)21-15(25)13(27-16(21)26)6-8-4-11(22)14(24)12(23)5-8/h1-7,22-24H. The molecule has 1 aliphatic rings. The number of nitrogens with zero attached hydrogens (tertiary/aromatic N) is 1. The maximum Gasteiger partial charge on any atom is 0.416 e. The molecule has 10 heteroatoms. The number of thioether (sulfide) groups is 1. The van der Waals surface area contributed by atoms with Gasteiger partial charge in [-0.25, -0.2) is 0 Å². The number of amides is 1. The number of halogens is 3. The molecular formula is C17H10F3NO4S2. The molecule has 0 aromatic heterocycles. The van der Waals surface area contributed by atoms with Gasteiger partial charge in [0.1, 0.15) is 0 Å². The van der Waals surface area contributed by atoms with E-state index in [1.54, 1.807) is 0 Å². The summed E-state index contributed by atoms with van der Waals surface area (Å²) in [5, 5.41) is 28.4. The second-order valence-electron chi connectivity index (χ2n) is 5.47. The molecule has 1 saturated heterocycles. The van der Waals surface area contributed by atoms with Gasteiger partial charge in [-0.2, -0.15) is 13.2 Å². The number of carbonyl (C=O) groups excluding carboxylic acids is 1. The number of phenols is 3. The van der Waals surface area contributed by atoms with E-state index in [4.69, 9.17) is 12.2 Å². The number of phenolic OH excluding ortho intramolecular Hbond substituents is 3. The van der Waals surface area contributed by atoms with E-state index in [1.807, 2.05) is 0 Å². The number of thiocarbonyl (C=S) groups is 1. The fourth-order valence-electron chi connectivity index (χ4n) is 2.37. The highest BCUT2D eigenvalue weighted by atomic mass is 32.2. The molecule has 140 valence electrons. The van der Waals surface area contributed by atoms with Crippen LogP contribution in [0.1, 0.15) is 11.1 Å². The van der Waals surface area contributed by atoms with Crippen molar-refractivity contribution in [1.82, 2.24) is 0 Å². The van der Waals surface area contributed by atoms with E-state index >= 15 is 0 Å². The highest BCUT2D eigenvalue weighted by Crippen LogP contribution is 2.40. The summed E-state index contributed by atoms with van der Waals surface area (Å²) >= 11 is 5.97. The number of benzene rings is 2. The van der Waals surface area contributed by atoms with Crippen molar-refractivity contribution in [3.63, 3.8) is 0 Å². The second-order valence-corrected chi connectivity index (χ2v) is 7.15. The summed E-state index contributed by atoms with van der Waals surface area (Å²) in [6.07, 6.45) is -3.26. The Morgan fingerprint density at radius 1 is 1.07 bits per heavy atom. The molecule has 3 N–H and O–H groups in total. The van der Waals surface area contributed by atoms with Crippen molar-refractivity contribution in [3.05, 3.63) is 52.4 Å². The predicted molar refractivity (Wildman–Crippen MR) is 98.5 cm³/mol. The molecule has 0 saturated carbocycles. The molecule has 1 aliphatic heterocycles. The Morgan fingerprint density at radius 2 is 1.70 bits per heavy atom. The Morgan fingerprint density at radius 3 is 2.30 bits per heavy atom. The van der Waals surface area contributed by atoms with Gasteiger partial charge in [-0.15, -0.1) is 0 Å². The third-order valence-electron chi connectivity index (χ3n) is 3.62. The second kappa shape index (κ2) is 6.78. The molecule has 0 atom stereocenters. The van der Waals surface area contributed by atoms with Crippen LogP contribution in [0.3, 0.4) is 0 Å². The van der Waals surface area contributed by atoms with Crippen LogP contribution in [0.25, 0.3) is 6.08 Å². The lowest BCUT2D eigenvalue weighted by molar-refractivity contribution is -0.137. The summed E-state index contributed by atoms with van der Waals surface area (Å²) in [5.74, 6) is -2.52. The maximum atomic E-state index is 12.9. The highest BCUT2D eigenvalue weighted by Gasteiger charge is 2.36. The van der Waals surface area contributed by atoms with E-state index in [1.165, 1.54) is 18.2 Å². The summed E-state index contributed by atoms with van der Waals surface area (Å²) in [6, 6.07) is 6.46. The van der Waals surface area contributed by atoms with Gasteiger partial charge < -0.3 is 15.3 Å². The van der Waals surface area contributed by atoms with Crippen LogP contribution in [-0.2, 0) is 11.0 Å². The van der Waals surface area contributed by atoms with Crippen LogP contribution < -0.4 is 4.90 Å². The quantitative estimate of drug-likeness (QED) is 0.389. The minimum atomic E-state index is -4.56. The Kier molecular flexibility index (Phi) is 4.79. The summed E-state index contributed by atoms with van der Waals surface area (Å²) in [5.41, 5.74) is -0.731. The lowest BCUT2D eigenvalue weighted by atomic mass is 10.1. The Bertz CT molecular complexity index is 965. The molecule has 0 spiro atoms. The first-order valence-electron chi connectivity index (χ1n) is 7.28. The first kappa shape index (κ1) is 19.1. The van der Waals surface area contributed by atoms with Crippen LogP contribution in [0.2, 0.25) is 0 Å². The summed E-state index contributed by atoms with van der Waals surface area (Å²) in [6.45, 7) is 0. The van der Waals surface area contributed by atoms with Crippen LogP contribution in [0.4, 0.5) is 18.9 Å². The third-order valence-corrected chi connectivity index (χ3v) is 4.92. The molecule has 2 aromatic carbocycles. The van der Waals surface area contributed by atoms with Crippen molar-refractivity contribution in [3.8, 4) is 17.2 Å². The minimum Gasteiger partial charge on any atom is -0.504 e. The monoisotopic (exact) mass is 413 g/mol. The fraction of sp³-hybridized carbons (Fsp3) is 0.0588. The van der Waals surface area contributed by atoms with Gasteiger partial charge in [0.25, 0.3) is 5.91 Å². The van der Waals surface area contributed by atoms with Gasteiger partial charge in [0, 0.05) is 0 Å². The molecule has 1 heterocycles. The van der Waals surface area contributed by atoms with Gasteiger partial charge in [-0.3, -0.25) is 9.69 Å². The van der Waals surface area contributed by atoms with Gasteiger partial charge in [0.2, 0.25) is 0 Å². The topological polar surface area (TPSA) is 81.0 Å². The van der Waals surface area contributed by atoms with Crippen molar-refractivity contribution < 1.29 is 33.3 Å². The van der Waals surface area contributed by atoms with Crippen LogP contribution in [0.5, 0.6) is 17.2 Å². The first-order chi connectivity index (χ1) is 12.6. The molecular weight excluding hydrogens is 403 g/mol. The van der Waals surface area contributed by atoms with E-state index in [9.17, 15) is 33.3 Å². The van der Waals surface area contributed by atoms with Crippen LogP contribution in [0, 0.1) is 0 Å². The van der Waals surface area contributed by atoms with Gasteiger partial charge in [0.05, 0.1) is 16.2 Å². The number of rotatable bonds is 2. The van der Waals surface area contributed by atoms with E-state index in [0.717, 1.165) is 40.9 Å². The smallest absolute Gasteiger partial charge is 0.416 e. The van der Waals surface area contributed by atoms with Crippen LogP contribution in [0.15, 0.2) is 41.3 Å². The van der Waals surface area contributed by atoms with Gasteiger partial charge in [-0.05, 0) is 42.0 Å². The van der Waals surface area contributed by atoms with Crippen molar-refractivity contribution in [1.29, 1.82) is 0 Å². The molecule has 1 amide bonds. The SMILES string of the molecule is O=C1C(=Cc2cc(O)c(O)c(O)c2)SC(=S)N1c1cccc(C(F)(F)F)c1. The molecule has 2 aromatic rings. The Hall–Kier alpha value is -2.72. The highest BCUT2D eigenvalue weighted by molar-refractivity contribution is 8.27. The lowest BCUT2D eigenvalue weighted by Crippen LogP contribution is -2.27. The minimum absolute atomic E-state index is 0.0212. The molecule has 5 nitrogen and oxygen atoms in total. The van der Waals surface area contributed by atoms with E-state index in [2.05, 4.69) is 0 Å². The zero-order valence-electron chi connectivity index (χ0n) is 13.2. The molecule has 0 bridgehead atoms. The van der Waals surface area contributed by atoms with Crippen molar-refractivity contribution in [2.75, 3.05) is 4.90 Å². The summed E-state index contributed by atoms with van der Waals surface area (Å²) < 4.78 is 38.7. The molecule has 0 aliphatic carbocycles. The molecule has 27 heavy (non-hydrogen) atoms. The van der Waals surface area contributed by atoms with Crippen LogP contribution >= 0.6 is 24.0 Å². The van der Waals surface area contributed by atoms with E-state index in [0.29, 0.717) is 0 Å². The molecule has 0 radical (unpaired) electrons. The number of carbonyl (C=O) groups is 1. The number of hydrogen-bond acceptors (Lipinski definition) is 6. The normalized spacial score (nSPS) is 16.4. The number of alkyl halides is 3. The fourth-order valence-corrected chi connectivity index (χ4v) is 3.67. The number of aromatic hydroxyl groups is 3. The Balaban J connectivity index is 1.97. The van der Waals surface area contributed by atoms with Crippen molar-refractivity contribution in [2.45, 2.75) is 6.18 Å². The largest absolute Gasteiger partial charge is 0.504 e. The predicted octanol–water partition coefficient (Wildman–Crippen LogP) is 4.23. The number of anilines is 1. The average molecular weight is 413 g/mol. The maximum absolute atomic E-state index is 12.9. The van der Waals surface area contributed by atoms with Gasteiger partial charge in [-0.1, -0.05) is 30.0 Å².